The van der Waals surface area contributed by atoms with E-state index in [-0.39, 0.29) is 30.1 Å². The van der Waals surface area contributed by atoms with E-state index in [2.05, 4.69) is 0 Å². The van der Waals surface area contributed by atoms with E-state index in [1.807, 2.05) is 6.92 Å². The maximum Gasteiger partial charge on any atom is 0.271 e. The highest BCUT2D eigenvalue weighted by atomic mass is 16.6. The number of aromatic nitrogens is 2. The van der Waals surface area contributed by atoms with Crippen molar-refractivity contribution in [1.82, 2.24) is 9.36 Å². The molecule has 8 heteroatoms. The standard InChI is InChI=1S/C13H12N4O4/c1-9-2-3-10(17(20)21)6-11(9)14-7-15-12(18)4-5-13(19)16(15)8-14/h2-6H,7-8H2,1H3. The molecule has 0 bridgehead atoms. The summed E-state index contributed by atoms with van der Waals surface area (Å²) in [6.45, 7) is 2.21. The van der Waals surface area contributed by atoms with E-state index >= 15 is 0 Å². The Morgan fingerprint density at radius 2 is 1.62 bits per heavy atom. The number of hydrogen-bond donors (Lipinski definition) is 0. The summed E-state index contributed by atoms with van der Waals surface area (Å²) in [5, 5.41) is 10.9. The van der Waals surface area contributed by atoms with E-state index < -0.39 is 4.92 Å². The van der Waals surface area contributed by atoms with Gasteiger partial charge in [0.1, 0.15) is 13.3 Å². The van der Waals surface area contributed by atoms with Crippen molar-refractivity contribution in [2.24, 2.45) is 0 Å². The predicted octanol–water partition coefficient (Wildman–Crippen LogP) is 0.662. The second-order valence-electron chi connectivity index (χ2n) is 4.86. The van der Waals surface area contributed by atoms with E-state index in [1.54, 1.807) is 11.0 Å². The smallest absolute Gasteiger partial charge is 0.271 e. The number of nitro benzene ring substituents is 1. The zero-order valence-corrected chi connectivity index (χ0v) is 11.2. The largest absolute Gasteiger partial charge is 0.332 e. The number of nitro groups is 1. The minimum Gasteiger partial charge on any atom is -0.332 e. The van der Waals surface area contributed by atoms with Gasteiger partial charge < -0.3 is 4.90 Å². The van der Waals surface area contributed by atoms with Crippen molar-refractivity contribution in [2.75, 3.05) is 4.90 Å². The first-order valence-corrected chi connectivity index (χ1v) is 6.28. The number of nitrogens with zero attached hydrogens (tertiary/aromatic N) is 4. The summed E-state index contributed by atoms with van der Waals surface area (Å²) in [6, 6.07) is 6.99. The predicted molar refractivity (Wildman–Crippen MR) is 75.3 cm³/mol. The quantitative estimate of drug-likeness (QED) is 0.598. The average Bonchev–Trinajstić information content (AvgIpc) is 2.89. The van der Waals surface area contributed by atoms with Gasteiger partial charge in [-0.15, -0.1) is 0 Å². The van der Waals surface area contributed by atoms with Crippen LogP contribution in [0.3, 0.4) is 0 Å². The lowest BCUT2D eigenvalue weighted by Crippen LogP contribution is -2.32. The van der Waals surface area contributed by atoms with Crippen molar-refractivity contribution in [3.8, 4) is 0 Å². The van der Waals surface area contributed by atoms with Crippen molar-refractivity contribution in [3.05, 3.63) is 66.7 Å². The van der Waals surface area contributed by atoms with Gasteiger partial charge in [0.15, 0.2) is 0 Å². The molecule has 0 unspecified atom stereocenters. The fraction of sp³-hybridized carbons (Fsp3) is 0.231. The molecule has 2 aromatic rings. The van der Waals surface area contributed by atoms with Crippen molar-refractivity contribution in [2.45, 2.75) is 20.3 Å². The molecule has 8 nitrogen and oxygen atoms in total. The topological polar surface area (TPSA) is 90.4 Å². The molecule has 2 heterocycles. The van der Waals surface area contributed by atoms with Crippen molar-refractivity contribution < 1.29 is 4.92 Å². The van der Waals surface area contributed by atoms with E-state index in [0.717, 1.165) is 5.56 Å². The minimum atomic E-state index is -0.468. The summed E-state index contributed by atoms with van der Waals surface area (Å²) in [5.41, 5.74) is 0.903. The highest BCUT2D eigenvalue weighted by molar-refractivity contribution is 5.58. The third-order valence-electron chi connectivity index (χ3n) is 3.52. The molecule has 108 valence electrons. The van der Waals surface area contributed by atoms with Crippen LogP contribution < -0.4 is 16.0 Å². The first-order valence-electron chi connectivity index (χ1n) is 6.28. The van der Waals surface area contributed by atoms with Gasteiger partial charge in [0.2, 0.25) is 0 Å². The Kier molecular flexibility index (Phi) is 2.86. The van der Waals surface area contributed by atoms with Gasteiger partial charge >= 0.3 is 0 Å². The number of benzene rings is 1. The Hall–Kier alpha value is -2.90. The van der Waals surface area contributed by atoms with E-state index in [1.165, 1.54) is 33.6 Å². The summed E-state index contributed by atoms with van der Waals surface area (Å²) in [4.78, 5) is 35.7. The van der Waals surface area contributed by atoms with E-state index in [4.69, 9.17) is 0 Å². The number of rotatable bonds is 2. The van der Waals surface area contributed by atoms with Crippen molar-refractivity contribution >= 4 is 11.4 Å². The fourth-order valence-electron chi connectivity index (χ4n) is 2.42. The third-order valence-corrected chi connectivity index (χ3v) is 3.52. The number of aryl methyl sites for hydroxylation is 1. The molecular formula is C13H12N4O4. The van der Waals surface area contributed by atoms with Gasteiger partial charge in [0, 0.05) is 30.0 Å². The highest BCUT2D eigenvalue weighted by Gasteiger charge is 2.23. The van der Waals surface area contributed by atoms with Gasteiger partial charge in [-0.05, 0) is 12.5 Å². The SMILES string of the molecule is Cc1ccc([N+](=O)[O-])cc1N1Cn2c(=O)ccc(=O)n2C1. The molecule has 0 aliphatic carbocycles. The van der Waals surface area contributed by atoms with Crippen LogP contribution in [0.1, 0.15) is 5.56 Å². The van der Waals surface area contributed by atoms with Crippen molar-refractivity contribution in [3.63, 3.8) is 0 Å². The molecule has 0 amide bonds. The molecule has 1 aliphatic heterocycles. The second-order valence-corrected chi connectivity index (χ2v) is 4.86. The van der Waals surface area contributed by atoms with Gasteiger partial charge in [-0.25, -0.2) is 9.36 Å². The molecule has 0 saturated carbocycles. The summed E-state index contributed by atoms with van der Waals surface area (Å²) in [7, 11) is 0. The van der Waals surface area contributed by atoms with E-state index in [9.17, 15) is 19.7 Å². The summed E-state index contributed by atoms with van der Waals surface area (Å²) in [6.07, 6.45) is 0. The van der Waals surface area contributed by atoms with E-state index in [0.29, 0.717) is 5.69 Å². The Labute approximate surface area is 118 Å². The number of non-ortho nitro benzene ring substituents is 1. The summed E-state index contributed by atoms with van der Waals surface area (Å²) < 4.78 is 2.64. The zero-order valence-electron chi connectivity index (χ0n) is 11.2. The molecule has 0 atom stereocenters. The zero-order chi connectivity index (χ0) is 15.1. The molecule has 1 aromatic heterocycles. The molecule has 1 aromatic carbocycles. The lowest BCUT2D eigenvalue weighted by Gasteiger charge is -2.17. The Morgan fingerprint density at radius 3 is 2.14 bits per heavy atom. The third kappa shape index (κ3) is 2.10. The highest BCUT2D eigenvalue weighted by Crippen LogP contribution is 2.27. The molecule has 1 aliphatic rings. The Morgan fingerprint density at radius 1 is 1.05 bits per heavy atom. The first-order chi connectivity index (χ1) is 9.97. The number of hydrogen-bond acceptors (Lipinski definition) is 5. The van der Waals surface area contributed by atoms with Crippen LogP contribution in [0.5, 0.6) is 0 Å². The van der Waals surface area contributed by atoms with Crippen LogP contribution >= 0.6 is 0 Å². The van der Waals surface area contributed by atoms with Gasteiger partial charge in [0.25, 0.3) is 16.8 Å². The van der Waals surface area contributed by atoms with Gasteiger partial charge in [-0.3, -0.25) is 19.7 Å². The Balaban J connectivity index is 2.06. The average molecular weight is 288 g/mol. The Bertz CT molecular complexity index is 813. The lowest BCUT2D eigenvalue weighted by molar-refractivity contribution is -0.384. The van der Waals surface area contributed by atoms with Crippen LogP contribution in [-0.4, -0.2) is 14.3 Å². The molecule has 0 N–H and O–H groups in total. The van der Waals surface area contributed by atoms with Gasteiger partial charge in [0.05, 0.1) is 4.92 Å². The molecule has 3 rings (SSSR count). The molecule has 21 heavy (non-hydrogen) atoms. The number of fused-ring (bicyclic) bond motifs is 1. The first kappa shape index (κ1) is 13.1. The lowest BCUT2D eigenvalue weighted by atomic mass is 10.1. The van der Waals surface area contributed by atoms with Crippen LogP contribution in [0.15, 0.2) is 39.9 Å². The second kappa shape index (κ2) is 4.58. The molecule has 0 fully saturated rings. The monoisotopic (exact) mass is 288 g/mol. The maximum absolute atomic E-state index is 11.8. The molecule has 0 radical (unpaired) electrons. The van der Waals surface area contributed by atoms with Crippen LogP contribution in [0, 0.1) is 17.0 Å². The van der Waals surface area contributed by atoms with Crippen molar-refractivity contribution in [1.29, 1.82) is 0 Å². The summed E-state index contributed by atoms with van der Waals surface area (Å²) in [5.74, 6) is 0. The molecular weight excluding hydrogens is 276 g/mol. The van der Waals surface area contributed by atoms with Crippen LogP contribution in [0.4, 0.5) is 11.4 Å². The normalized spacial score (nSPS) is 13.3. The molecule has 0 saturated heterocycles. The molecule has 0 spiro atoms. The number of anilines is 1. The van der Waals surface area contributed by atoms with Gasteiger partial charge in [-0.2, -0.15) is 0 Å². The van der Waals surface area contributed by atoms with Crippen LogP contribution in [0.25, 0.3) is 0 Å². The fourth-order valence-corrected chi connectivity index (χ4v) is 2.42. The van der Waals surface area contributed by atoms with Gasteiger partial charge in [-0.1, -0.05) is 6.07 Å². The summed E-state index contributed by atoms with van der Waals surface area (Å²) >= 11 is 0. The minimum absolute atomic E-state index is 0.0220. The maximum atomic E-state index is 11.8. The van der Waals surface area contributed by atoms with Crippen LogP contribution in [0.2, 0.25) is 0 Å². The van der Waals surface area contributed by atoms with Crippen LogP contribution in [-0.2, 0) is 13.3 Å².